The topological polar surface area (TPSA) is 110 Å². The number of nitrogens with one attached hydrogen (secondary N) is 1. The van der Waals surface area contributed by atoms with Gasteiger partial charge in [-0.15, -0.1) is 0 Å². The summed E-state index contributed by atoms with van der Waals surface area (Å²) in [5.41, 5.74) is 2.33. The highest BCUT2D eigenvalue weighted by Gasteiger charge is 2.23. The van der Waals surface area contributed by atoms with Crippen molar-refractivity contribution in [3.63, 3.8) is 0 Å². The Hall–Kier alpha value is -3.47. The fourth-order valence-corrected chi connectivity index (χ4v) is 4.16. The first-order valence-corrected chi connectivity index (χ1v) is 11.3. The molecule has 3 aromatic heterocycles. The van der Waals surface area contributed by atoms with Gasteiger partial charge in [0.05, 0.1) is 31.6 Å². The molecular formula is C23H24ClN7O3. The number of rotatable bonds is 8. The van der Waals surface area contributed by atoms with Gasteiger partial charge < -0.3 is 20.1 Å². The number of carbonyl (C=O) groups is 1. The molecule has 11 heteroatoms. The number of ether oxygens (including phenoxy) is 1. The number of aliphatic hydroxyl groups is 1. The van der Waals surface area contributed by atoms with Gasteiger partial charge in [0.2, 0.25) is 0 Å². The molecule has 1 aliphatic heterocycles. The van der Waals surface area contributed by atoms with E-state index in [1.807, 2.05) is 0 Å². The standard InChI is InChI=1S/C23H24ClN7O3/c1-34-20-5-4-15(24)10-17(20)21-19(14-30(28-21)13-16(32)12-29-7-3-8-29)27-23(33)18-11-26-31-9-2-6-25-22(18)31/h2,4-6,9-11,14,16,32H,3,7-8,12-13H2,1H3,(H,27,33)/t16-/m0/s1. The van der Waals surface area contributed by atoms with Crippen molar-refractivity contribution in [1.82, 2.24) is 29.3 Å². The molecule has 1 amide bonds. The summed E-state index contributed by atoms with van der Waals surface area (Å²) in [7, 11) is 1.56. The summed E-state index contributed by atoms with van der Waals surface area (Å²) >= 11 is 6.26. The van der Waals surface area contributed by atoms with Crippen LogP contribution < -0.4 is 10.1 Å². The van der Waals surface area contributed by atoms with Gasteiger partial charge in [-0.05, 0) is 43.8 Å². The Morgan fingerprint density at radius 2 is 2.18 bits per heavy atom. The first-order valence-electron chi connectivity index (χ1n) is 10.9. The van der Waals surface area contributed by atoms with Crippen LogP contribution in [0, 0.1) is 0 Å². The molecule has 0 spiro atoms. The van der Waals surface area contributed by atoms with Crippen molar-refractivity contribution < 1.29 is 14.6 Å². The highest BCUT2D eigenvalue weighted by Crippen LogP contribution is 2.36. The predicted octanol–water partition coefficient (Wildman–Crippen LogP) is 2.57. The Kier molecular flexibility index (Phi) is 6.18. The van der Waals surface area contributed by atoms with Crippen molar-refractivity contribution in [1.29, 1.82) is 0 Å². The molecule has 0 unspecified atom stereocenters. The van der Waals surface area contributed by atoms with Gasteiger partial charge in [0.25, 0.3) is 5.91 Å². The lowest BCUT2D eigenvalue weighted by Gasteiger charge is -2.32. The molecule has 5 rings (SSSR count). The lowest BCUT2D eigenvalue weighted by Crippen LogP contribution is -2.43. The van der Waals surface area contributed by atoms with Gasteiger partial charge in [0.15, 0.2) is 5.65 Å². The Morgan fingerprint density at radius 3 is 2.94 bits per heavy atom. The second-order valence-corrected chi connectivity index (χ2v) is 8.60. The maximum absolute atomic E-state index is 13.2. The maximum Gasteiger partial charge on any atom is 0.261 e. The van der Waals surface area contributed by atoms with E-state index in [4.69, 9.17) is 16.3 Å². The van der Waals surface area contributed by atoms with Crippen molar-refractivity contribution in [3.05, 3.63) is 59.6 Å². The van der Waals surface area contributed by atoms with Gasteiger partial charge in [0, 0.05) is 35.7 Å². The third-order valence-electron chi connectivity index (χ3n) is 5.77. The van der Waals surface area contributed by atoms with Gasteiger partial charge >= 0.3 is 0 Å². The summed E-state index contributed by atoms with van der Waals surface area (Å²) in [6.07, 6.45) is 7.06. The van der Waals surface area contributed by atoms with Crippen LogP contribution in [0.25, 0.3) is 16.9 Å². The lowest BCUT2D eigenvalue weighted by molar-refractivity contribution is 0.0662. The number of aliphatic hydroxyl groups excluding tert-OH is 1. The second-order valence-electron chi connectivity index (χ2n) is 8.17. The number of β-amino-alcohol motifs (C(OH)–C–C–N with tert-alkyl or cyclic N) is 1. The Labute approximate surface area is 200 Å². The van der Waals surface area contributed by atoms with E-state index in [1.165, 1.54) is 10.7 Å². The molecule has 0 bridgehead atoms. The molecule has 1 aromatic carbocycles. The summed E-state index contributed by atoms with van der Waals surface area (Å²) in [6.45, 7) is 2.85. The summed E-state index contributed by atoms with van der Waals surface area (Å²) < 4.78 is 8.67. The Balaban J connectivity index is 1.48. The number of aromatic nitrogens is 5. The van der Waals surface area contributed by atoms with Crippen molar-refractivity contribution >= 4 is 28.8 Å². The number of hydrogen-bond acceptors (Lipinski definition) is 7. The minimum absolute atomic E-state index is 0.278. The number of benzene rings is 1. The number of likely N-dealkylation sites (tertiary alicyclic amines) is 1. The van der Waals surface area contributed by atoms with Crippen LogP contribution in [0.5, 0.6) is 5.75 Å². The van der Waals surface area contributed by atoms with Crippen LogP contribution in [0.4, 0.5) is 5.69 Å². The van der Waals surface area contributed by atoms with Gasteiger partial charge in [-0.2, -0.15) is 10.2 Å². The van der Waals surface area contributed by atoms with Crippen LogP contribution in [0.15, 0.2) is 49.1 Å². The van der Waals surface area contributed by atoms with Crippen LogP contribution in [0.1, 0.15) is 16.8 Å². The molecule has 4 heterocycles. The molecule has 176 valence electrons. The lowest BCUT2D eigenvalue weighted by atomic mass is 10.1. The summed E-state index contributed by atoms with van der Waals surface area (Å²) in [5.74, 6) is 0.181. The van der Waals surface area contributed by atoms with Crippen molar-refractivity contribution in [2.45, 2.75) is 19.1 Å². The van der Waals surface area contributed by atoms with Crippen LogP contribution in [0.3, 0.4) is 0 Å². The molecule has 34 heavy (non-hydrogen) atoms. The van der Waals surface area contributed by atoms with Crippen molar-refractivity contribution in [2.75, 3.05) is 32.1 Å². The fourth-order valence-electron chi connectivity index (χ4n) is 3.98. The molecule has 2 N–H and O–H groups in total. The first kappa shape index (κ1) is 22.3. The molecule has 1 fully saturated rings. The van der Waals surface area contributed by atoms with Gasteiger partial charge in [-0.3, -0.25) is 9.48 Å². The molecule has 0 aliphatic carbocycles. The quantitative estimate of drug-likeness (QED) is 0.398. The zero-order valence-electron chi connectivity index (χ0n) is 18.6. The summed E-state index contributed by atoms with van der Waals surface area (Å²) in [5, 5.41) is 22.8. The minimum atomic E-state index is -0.596. The van der Waals surface area contributed by atoms with E-state index in [0.29, 0.717) is 45.5 Å². The number of nitrogens with zero attached hydrogens (tertiary/aromatic N) is 6. The van der Waals surface area contributed by atoms with E-state index in [-0.39, 0.29) is 12.5 Å². The number of carbonyl (C=O) groups excluding carboxylic acids is 1. The van der Waals surface area contributed by atoms with E-state index >= 15 is 0 Å². The van der Waals surface area contributed by atoms with E-state index < -0.39 is 6.10 Å². The maximum atomic E-state index is 13.2. The van der Waals surface area contributed by atoms with Crippen molar-refractivity contribution in [2.24, 2.45) is 0 Å². The number of methoxy groups -OCH3 is 1. The Bertz CT molecular complexity index is 1330. The minimum Gasteiger partial charge on any atom is -0.496 e. The number of amides is 1. The van der Waals surface area contributed by atoms with Crippen LogP contribution in [0.2, 0.25) is 5.02 Å². The van der Waals surface area contributed by atoms with E-state index in [1.54, 1.807) is 54.6 Å². The largest absolute Gasteiger partial charge is 0.496 e. The zero-order chi connectivity index (χ0) is 23.7. The monoisotopic (exact) mass is 481 g/mol. The molecule has 1 atom stereocenters. The molecule has 10 nitrogen and oxygen atoms in total. The molecule has 1 aliphatic rings. The van der Waals surface area contributed by atoms with E-state index in [0.717, 1.165) is 19.5 Å². The fraction of sp³-hybridized carbons (Fsp3) is 0.304. The normalized spacial score (nSPS) is 14.7. The number of halogens is 1. The smallest absolute Gasteiger partial charge is 0.261 e. The highest BCUT2D eigenvalue weighted by molar-refractivity contribution is 6.31. The molecule has 0 saturated carbocycles. The molecule has 4 aromatic rings. The predicted molar refractivity (Wildman–Crippen MR) is 127 cm³/mol. The molecule has 0 radical (unpaired) electrons. The average molecular weight is 482 g/mol. The zero-order valence-corrected chi connectivity index (χ0v) is 19.3. The van der Waals surface area contributed by atoms with E-state index in [2.05, 4.69) is 25.4 Å². The summed E-state index contributed by atoms with van der Waals surface area (Å²) in [6, 6.07) is 6.94. The van der Waals surface area contributed by atoms with Crippen LogP contribution >= 0.6 is 11.6 Å². The highest BCUT2D eigenvalue weighted by atomic mass is 35.5. The van der Waals surface area contributed by atoms with Gasteiger partial charge in [-0.25, -0.2) is 9.50 Å². The van der Waals surface area contributed by atoms with Crippen molar-refractivity contribution in [3.8, 4) is 17.0 Å². The SMILES string of the molecule is COc1ccc(Cl)cc1-c1nn(C[C@@H](O)CN2CCC2)cc1NC(=O)c1cnn2cccnc12. The average Bonchev–Trinajstić information content (AvgIpc) is 3.40. The number of fused-ring (bicyclic) bond motifs is 1. The van der Waals surface area contributed by atoms with Gasteiger partial charge in [-0.1, -0.05) is 11.6 Å². The number of anilines is 1. The first-order chi connectivity index (χ1) is 16.5. The Morgan fingerprint density at radius 1 is 1.32 bits per heavy atom. The third kappa shape index (κ3) is 4.47. The van der Waals surface area contributed by atoms with Gasteiger partial charge in [0.1, 0.15) is 17.0 Å². The summed E-state index contributed by atoms with van der Waals surface area (Å²) in [4.78, 5) is 19.6. The van der Waals surface area contributed by atoms with E-state index in [9.17, 15) is 9.90 Å². The second kappa shape index (κ2) is 9.41. The van der Waals surface area contributed by atoms with Crippen LogP contribution in [-0.2, 0) is 6.54 Å². The molecular weight excluding hydrogens is 458 g/mol. The van der Waals surface area contributed by atoms with Crippen LogP contribution in [-0.4, -0.2) is 73.1 Å². The third-order valence-corrected chi connectivity index (χ3v) is 6.00. The molecule has 1 saturated heterocycles. The number of hydrogen-bond donors (Lipinski definition) is 2.